The molecule has 0 radical (unpaired) electrons. The van der Waals surface area contributed by atoms with E-state index in [9.17, 15) is 0 Å². The fraction of sp³-hybridized carbons (Fsp3) is 1.00. The van der Waals surface area contributed by atoms with Gasteiger partial charge in [-0.05, 0) is 6.16 Å². The zero-order valence-electron chi connectivity index (χ0n) is 7.04. The lowest BCUT2D eigenvalue weighted by Crippen LogP contribution is -1.86. The van der Waals surface area contributed by atoms with Gasteiger partial charge in [0.1, 0.15) is 0 Å². The van der Waals surface area contributed by atoms with Gasteiger partial charge in [0, 0.05) is 5.25 Å². The third-order valence-corrected chi connectivity index (χ3v) is 13.4. The number of hydrogen-bond donors (Lipinski definition) is 0. The molecular formula is C6H14ClPS3. The summed E-state index contributed by atoms with van der Waals surface area (Å²) in [5.41, 5.74) is 0. The third-order valence-electron chi connectivity index (χ3n) is 1.00. The molecule has 0 aromatic heterocycles. The maximum atomic E-state index is 5.66. The van der Waals surface area contributed by atoms with Gasteiger partial charge in [0.05, 0.1) is 9.65 Å². The Morgan fingerprint density at radius 2 is 2.09 bits per heavy atom. The second kappa shape index (κ2) is 6.15. The van der Waals surface area contributed by atoms with Crippen molar-refractivity contribution in [1.29, 1.82) is 0 Å². The Kier molecular flexibility index (Phi) is 7.06. The summed E-state index contributed by atoms with van der Waals surface area (Å²) >= 11 is 14.9. The highest BCUT2D eigenvalue weighted by Crippen LogP contribution is 2.70. The van der Waals surface area contributed by atoms with Gasteiger partial charge in [0.25, 0.3) is 0 Å². The molecule has 0 aliphatic carbocycles. The van der Waals surface area contributed by atoms with E-state index in [1.807, 2.05) is 11.4 Å². The summed E-state index contributed by atoms with van der Waals surface area (Å²) in [6.45, 7) is 6.54. The van der Waals surface area contributed by atoms with Crippen LogP contribution in [0.3, 0.4) is 0 Å². The van der Waals surface area contributed by atoms with E-state index in [1.165, 1.54) is 0 Å². The molecule has 0 aliphatic heterocycles. The number of halogens is 1. The van der Waals surface area contributed by atoms with Crippen molar-refractivity contribution in [3.8, 4) is 0 Å². The van der Waals surface area contributed by atoms with Crippen LogP contribution in [0.2, 0.25) is 0 Å². The van der Waals surface area contributed by atoms with Crippen molar-refractivity contribution >= 4 is 50.6 Å². The summed E-state index contributed by atoms with van der Waals surface area (Å²) in [5, 5.41) is 1.28. The predicted octanol–water partition coefficient (Wildman–Crippen LogP) is 4.39. The van der Waals surface area contributed by atoms with Crippen LogP contribution >= 0.6 is 38.8 Å². The Morgan fingerprint density at radius 3 is 2.36 bits per heavy atom. The van der Waals surface area contributed by atoms with Gasteiger partial charge in [-0.2, -0.15) is 0 Å². The molecule has 0 aromatic rings. The molecule has 0 rings (SSSR count). The van der Waals surface area contributed by atoms with Gasteiger partial charge < -0.3 is 0 Å². The van der Waals surface area contributed by atoms with E-state index in [2.05, 4.69) is 20.8 Å². The lowest BCUT2D eigenvalue weighted by Gasteiger charge is -2.19. The summed E-state index contributed by atoms with van der Waals surface area (Å²) in [5.74, 6) is 0. The maximum absolute atomic E-state index is 5.66. The predicted molar refractivity (Wildman–Crippen MR) is 65.9 cm³/mol. The molecule has 0 N–H and O–H groups in total. The van der Waals surface area contributed by atoms with Crippen molar-refractivity contribution in [2.24, 2.45) is 0 Å². The van der Waals surface area contributed by atoms with Crippen molar-refractivity contribution in [3.05, 3.63) is 0 Å². The fourth-order valence-corrected chi connectivity index (χ4v) is 12.5. The Bertz CT molecular complexity index is 149. The smallest absolute Gasteiger partial charge is 0.0736 e. The molecule has 0 aromatic carbocycles. The van der Waals surface area contributed by atoms with E-state index < -0.39 is 4.44 Å². The highest BCUT2D eigenvalue weighted by atomic mass is 35.5. The summed E-state index contributed by atoms with van der Waals surface area (Å²) in [6.07, 6.45) is 1.10. The SMILES string of the molecule is CCP(=S)(SCCl)SC(C)C. The minimum Gasteiger partial charge on any atom is -0.114 e. The molecule has 0 aliphatic rings. The van der Waals surface area contributed by atoms with Gasteiger partial charge >= 0.3 is 0 Å². The first-order valence-corrected chi connectivity index (χ1v) is 10.1. The molecule has 0 nitrogen and oxygen atoms in total. The minimum absolute atomic E-state index is 0.636. The number of rotatable bonds is 5. The van der Waals surface area contributed by atoms with Crippen LogP contribution in [-0.4, -0.2) is 16.6 Å². The summed E-state index contributed by atoms with van der Waals surface area (Å²) in [4.78, 5) is 0. The van der Waals surface area contributed by atoms with Crippen molar-refractivity contribution in [1.82, 2.24) is 0 Å². The molecule has 1 atom stereocenters. The van der Waals surface area contributed by atoms with E-state index in [-0.39, 0.29) is 0 Å². The van der Waals surface area contributed by atoms with Crippen LogP contribution in [0.15, 0.2) is 0 Å². The Morgan fingerprint density at radius 1 is 1.55 bits per heavy atom. The normalized spacial score (nSPS) is 16.8. The van der Waals surface area contributed by atoms with Crippen LogP contribution in [0.25, 0.3) is 0 Å². The van der Waals surface area contributed by atoms with E-state index in [4.69, 9.17) is 23.4 Å². The van der Waals surface area contributed by atoms with E-state index in [1.54, 1.807) is 11.4 Å². The molecule has 0 bridgehead atoms. The van der Waals surface area contributed by atoms with Crippen LogP contribution in [-0.2, 0) is 11.8 Å². The first-order valence-electron chi connectivity index (χ1n) is 3.52. The molecule has 0 saturated carbocycles. The fourth-order valence-electron chi connectivity index (χ4n) is 0.592. The Labute approximate surface area is 87.7 Å². The molecule has 5 heteroatoms. The van der Waals surface area contributed by atoms with E-state index >= 15 is 0 Å². The van der Waals surface area contributed by atoms with E-state index in [0.29, 0.717) is 10.5 Å². The standard InChI is InChI=1S/C6H14ClPS3/c1-4-8(9,10-5-7)11-6(2)3/h6H,4-5H2,1-3H3. The molecule has 68 valence electrons. The third kappa shape index (κ3) is 5.81. The van der Waals surface area contributed by atoms with E-state index in [0.717, 1.165) is 6.16 Å². The van der Waals surface area contributed by atoms with Gasteiger partial charge in [-0.25, -0.2) is 0 Å². The summed E-state index contributed by atoms with van der Waals surface area (Å²) in [6, 6.07) is 0. The molecule has 1 unspecified atom stereocenters. The minimum atomic E-state index is -1.22. The lowest BCUT2D eigenvalue weighted by molar-refractivity contribution is 1.12. The van der Waals surface area contributed by atoms with Crippen molar-refractivity contribution in [2.45, 2.75) is 26.0 Å². The molecule has 0 saturated heterocycles. The van der Waals surface area contributed by atoms with Gasteiger partial charge in [0.15, 0.2) is 0 Å². The molecule has 0 heterocycles. The highest BCUT2D eigenvalue weighted by Gasteiger charge is 2.16. The van der Waals surface area contributed by atoms with Crippen LogP contribution < -0.4 is 0 Å². The topological polar surface area (TPSA) is 0 Å². The second-order valence-electron chi connectivity index (χ2n) is 2.32. The molecule has 0 spiro atoms. The average Bonchev–Trinajstić information content (AvgIpc) is 1.87. The van der Waals surface area contributed by atoms with Crippen LogP contribution in [0, 0.1) is 0 Å². The van der Waals surface area contributed by atoms with Gasteiger partial charge in [-0.3, -0.25) is 0 Å². The Hall–Kier alpha value is 1.64. The maximum Gasteiger partial charge on any atom is 0.0736 e. The van der Waals surface area contributed by atoms with Gasteiger partial charge in [-0.15, -0.1) is 23.0 Å². The monoisotopic (exact) mass is 248 g/mol. The van der Waals surface area contributed by atoms with Gasteiger partial charge in [-0.1, -0.05) is 44.0 Å². The highest BCUT2D eigenvalue weighted by molar-refractivity contribution is 9.00. The van der Waals surface area contributed by atoms with Crippen LogP contribution in [0.1, 0.15) is 20.8 Å². The Balaban J connectivity index is 4.00. The zero-order chi connectivity index (χ0) is 8.91. The summed E-state index contributed by atoms with van der Waals surface area (Å²) in [7, 11) is 0. The average molecular weight is 249 g/mol. The van der Waals surface area contributed by atoms with Gasteiger partial charge in [0.2, 0.25) is 0 Å². The number of alkyl halides is 1. The summed E-state index contributed by atoms with van der Waals surface area (Å²) < 4.78 is -1.22. The quantitative estimate of drug-likeness (QED) is 0.523. The van der Waals surface area contributed by atoms with Crippen molar-refractivity contribution in [3.63, 3.8) is 0 Å². The van der Waals surface area contributed by atoms with Crippen LogP contribution in [0.5, 0.6) is 0 Å². The molecule has 0 amide bonds. The zero-order valence-corrected chi connectivity index (χ0v) is 11.1. The molecule has 11 heavy (non-hydrogen) atoms. The largest absolute Gasteiger partial charge is 0.114 e. The second-order valence-corrected chi connectivity index (χ2v) is 15.6. The van der Waals surface area contributed by atoms with Crippen molar-refractivity contribution in [2.75, 3.05) is 11.4 Å². The number of hydrogen-bond acceptors (Lipinski definition) is 3. The van der Waals surface area contributed by atoms with Crippen molar-refractivity contribution < 1.29 is 0 Å². The molecular weight excluding hydrogens is 235 g/mol. The lowest BCUT2D eigenvalue weighted by atomic mass is 10.6. The van der Waals surface area contributed by atoms with Crippen LogP contribution in [0.4, 0.5) is 0 Å². The first-order chi connectivity index (χ1) is 5.04. The molecule has 0 fully saturated rings. The first kappa shape index (κ1) is 12.6.